The Hall–Kier alpha value is -1.18. The van der Waals surface area contributed by atoms with E-state index in [1.165, 1.54) is 0 Å². The van der Waals surface area contributed by atoms with E-state index in [0.29, 0.717) is 6.54 Å². The molecule has 0 aromatic carbocycles. The zero-order valence-corrected chi connectivity index (χ0v) is 5.87. The highest BCUT2D eigenvalue weighted by Gasteiger charge is 1.97. The minimum atomic E-state index is 0.0876. The Morgan fingerprint density at radius 1 is 1.70 bits per heavy atom. The fraction of sp³-hybridized carbons (Fsp3) is 0.250. The lowest BCUT2D eigenvalue weighted by Crippen LogP contribution is -1.92. The Balaban J connectivity index is 2.83. The van der Waals surface area contributed by atoms with Crippen LogP contribution in [0.25, 0.3) is 0 Å². The standard InChI is InChI=1S/C8H9NO/c1-7(10)8-3-2-5-9-6-4-8/h2-4,6H,5H2,1H3. The molecule has 0 aromatic heterocycles. The molecule has 0 amide bonds. The summed E-state index contributed by atoms with van der Waals surface area (Å²) in [5.74, 6) is 0.0876. The van der Waals surface area contributed by atoms with E-state index in [0.717, 1.165) is 5.57 Å². The molecule has 10 heavy (non-hydrogen) atoms. The Morgan fingerprint density at radius 2 is 2.50 bits per heavy atom. The van der Waals surface area contributed by atoms with Gasteiger partial charge in [0.15, 0.2) is 5.78 Å². The van der Waals surface area contributed by atoms with Crippen LogP contribution in [0.15, 0.2) is 28.8 Å². The summed E-state index contributed by atoms with van der Waals surface area (Å²) in [6.45, 7) is 2.22. The summed E-state index contributed by atoms with van der Waals surface area (Å²) in [6, 6.07) is 0. The second-order valence-electron chi connectivity index (χ2n) is 2.09. The minimum Gasteiger partial charge on any atom is -0.295 e. The number of hydrogen-bond acceptors (Lipinski definition) is 2. The van der Waals surface area contributed by atoms with Gasteiger partial charge in [-0.15, -0.1) is 0 Å². The molecule has 2 nitrogen and oxygen atoms in total. The van der Waals surface area contributed by atoms with Gasteiger partial charge in [0.25, 0.3) is 0 Å². The van der Waals surface area contributed by atoms with Crippen molar-refractivity contribution in [1.29, 1.82) is 0 Å². The lowest BCUT2D eigenvalue weighted by molar-refractivity contribution is -0.113. The minimum absolute atomic E-state index is 0.0876. The monoisotopic (exact) mass is 135 g/mol. The highest BCUT2D eigenvalue weighted by Crippen LogP contribution is 1.99. The van der Waals surface area contributed by atoms with Gasteiger partial charge >= 0.3 is 0 Å². The van der Waals surface area contributed by atoms with Crippen LogP contribution in [0, 0.1) is 0 Å². The number of aliphatic imine (C=N–C) groups is 1. The summed E-state index contributed by atoms with van der Waals surface area (Å²) < 4.78 is 0. The molecule has 1 rings (SSSR count). The van der Waals surface area contributed by atoms with Crippen LogP contribution < -0.4 is 0 Å². The zero-order valence-electron chi connectivity index (χ0n) is 5.87. The Morgan fingerprint density at radius 3 is 3.20 bits per heavy atom. The van der Waals surface area contributed by atoms with Gasteiger partial charge in [0, 0.05) is 11.8 Å². The first-order valence-corrected chi connectivity index (χ1v) is 3.18. The first kappa shape index (κ1) is 6.93. The quantitative estimate of drug-likeness (QED) is 0.530. The average Bonchev–Trinajstić information content (AvgIpc) is 2.12. The molecule has 52 valence electrons. The molecule has 2 heteroatoms. The molecular formula is C8H9NO. The summed E-state index contributed by atoms with van der Waals surface area (Å²) in [5, 5.41) is 0. The van der Waals surface area contributed by atoms with Gasteiger partial charge in [-0.05, 0) is 13.0 Å². The highest BCUT2D eigenvalue weighted by atomic mass is 16.1. The lowest BCUT2D eigenvalue weighted by atomic mass is 10.2. The van der Waals surface area contributed by atoms with E-state index in [1.807, 2.05) is 6.08 Å². The smallest absolute Gasteiger partial charge is 0.159 e. The van der Waals surface area contributed by atoms with Crippen molar-refractivity contribution in [1.82, 2.24) is 0 Å². The zero-order chi connectivity index (χ0) is 7.40. The van der Waals surface area contributed by atoms with Crippen molar-refractivity contribution < 1.29 is 4.79 Å². The van der Waals surface area contributed by atoms with Gasteiger partial charge in [-0.3, -0.25) is 9.79 Å². The summed E-state index contributed by atoms with van der Waals surface area (Å²) in [4.78, 5) is 14.7. The maximum absolute atomic E-state index is 10.8. The van der Waals surface area contributed by atoms with Crippen LogP contribution >= 0.6 is 0 Å². The van der Waals surface area contributed by atoms with E-state index in [2.05, 4.69) is 4.99 Å². The normalized spacial score (nSPS) is 16.3. The Bertz CT molecular complexity index is 223. The van der Waals surface area contributed by atoms with Gasteiger partial charge in [-0.1, -0.05) is 12.2 Å². The Labute approximate surface area is 60.0 Å². The molecule has 1 aliphatic rings. The van der Waals surface area contributed by atoms with Crippen LogP contribution in [-0.2, 0) is 4.79 Å². The SMILES string of the molecule is CC(=O)C1=CC=NCC=C1. The molecule has 0 saturated heterocycles. The first-order valence-electron chi connectivity index (χ1n) is 3.18. The predicted octanol–water partition coefficient (Wildman–Crippen LogP) is 1.14. The van der Waals surface area contributed by atoms with E-state index >= 15 is 0 Å². The third-order valence-electron chi connectivity index (χ3n) is 1.27. The largest absolute Gasteiger partial charge is 0.295 e. The second kappa shape index (κ2) is 3.11. The van der Waals surface area contributed by atoms with Crippen molar-refractivity contribution in [2.75, 3.05) is 6.54 Å². The number of nitrogens with zero attached hydrogens (tertiary/aromatic N) is 1. The highest BCUT2D eigenvalue weighted by molar-refractivity contribution is 5.99. The van der Waals surface area contributed by atoms with Crippen molar-refractivity contribution in [3.63, 3.8) is 0 Å². The maximum atomic E-state index is 10.8. The molecule has 0 N–H and O–H groups in total. The number of carbonyl (C=O) groups excluding carboxylic acids is 1. The number of carbonyl (C=O) groups is 1. The second-order valence-corrected chi connectivity index (χ2v) is 2.09. The van der Waals surface area contributed by atoms with E-state index < -0.39 is 0 Å². The molecule has 0 spiro atoms. The summed E-state index contributed by atoms with van der Waals surface area (Å²) in [6.07, 6.45) is 7.06. The van der Waals surface area contributed by atoms with E-state index in [-0.39, 0.29) is 5.78 Å². The summed E-state index contributed by atoms with van der Waals surface area (Å²) in [7, 11) is 0. The molecule has 1 aliphatic heterocycles. The molecule has 0 radical (unpaired) electrons. The lowest BCUT2D eigenvalue weighted by Gasteiger charge is -1.88. The van der Waals surface area contributed by atoms with Gasteiger partial charge < -0.3 is 0 Å². The van der Waals surface area contributed by atoms with Crippen LogP contribution in [0.5, 0.6) is 0 Å². The van der Waals surface area contributed by atoms with E-state index in [9.17, 15) is 4.79 Å². The molecule has 0 saturated carbocycles. The first-order chi connectivity index (χ1) is 4.80. The molecular weight excluding hydrogens is 126 g/mol. The average molecular weight is 135 g/mol. The summed E-state index contributed by atoms with van der Waals surface area (Å²) >= 11 is 0. The molecule has 0 unspecified atom stereocenters. The fourth-order valence-electron chi connectivity index (χ4n) is 0.725. The van der Waals surface area contributed by atoms with Gasteiger partial charge in [0.1, 0.15) is 0 Å². The number of ketones is 1. The van der Waals surface area contributed by atoms with Gasteiger partial charge in [-0.2, -0.15) is 0 Å². The summed E-state index contributed by atoms with van der Waals surface area (Å²) in [5.41, 5.74) is 0.723. The number of allylic oxidation sites excluding steroid dienone is 3. The maximum Gasteiger partial charge on any atom is 0.159 e. The van der Waals surface area contributed by atoms with Crippen molar-refractivity contribution in [3.8, 4) is 0 Å². The van der Waals surface area contributed by atoms with Crippen LogP contribution in [0.2, 0.25) is 0 Å². The molecule has 0 aromatic rings. The van der Waals surface area contributed by atoms with Crippen molar-refractivity contribution in [2.45, 2.75) is 6.92 Å². The third-order valence-corrected chi connectivity index (χ3v) is 1.27. The van der Waals surface area contributed by atoms with Crippen molar-refractivity contribution in [3.05, 3.63) is 23.8 Å². The molecule has 0 atom stereocenters. The van der Waals surface area contributed by atoms with E-state index in [1.54, 1.807) is 25.3 Å². The van der Waals surface area contributed by atoms with Gasteiger partial charge in [0.05, 0.1) is 6.54 Å². The van der Waals surface area contributed by atoms with Crippen molar-refractivity contribution in [2.24, 2.45) is 4.99 Å². The van der Waals surface area contributed by atoms with E-state index in [4.69, 9.17) is 0 Å². The van der Waals surface area contributed by atoms with Crippen LogP contribution in [0.1, 0.15) is 6.92 Å². The fourth-order valence-corrected chi connectivity index (χ4v) is 0.725. The molecule has 0 bridgehead atoms. The number of rotatable bonds is 1. The number of hydrogen-bond donors (Lipinski definition) is 0. The van der Waals surface area contributed by atoms with Crippen LogP contribution in [-0.4, -0.2) is 18.5 Å². The van der Waals surface area contributed by atoms with Crippen molar-refractivity contribution >= 4 is 12.0 Å². The predicted molar refractivity (Wildman–Crippen MR) is 41.3 cm³/mol. The number of Topliss-reactive ketones (excluding diaryl/α,β-unsaturated/α-hetero) is 1. The third kappa shape index (κ3) is 1.65. The van der Waals surface area contributed by atoms with Crippen LogP contribution in [0.4, 0.5) is 0 Å². The Kier molecular flexibility index (Phi) is 2.15. The molecule has 0 fully saturated rings. The van der Waals surface area contributed by atoms with Crippen LogP contribution in [0.3, 0.4) is 0 Å². The topological polar surface area (TPSA) is 29.4 Å². The van der Waals surface area contributed by atoms with Gasteiger partial charge in [0.2, 0.25) is 0 Å². The van der Waals surface area contributed by atoms with Gasteiger partial charge in [-0.25, -0.2) is 0 Å². The molecule has 0 aliphatic carbocycles. The molecule has 1 heterocycles.